The van der Waals surface area contributed by atoms with Crippen LogP contribution in [0, 0.1) is 0 Å². The predicted octanol–water partition coefficient (Wildman–Crippen LogP) is 1.63. The third kappa shape index (κ3) is 5.20. The van der Waals surface area contributed by atoms with Crippen LogP contribution in [0.4, 0.5) is 17.5 Å². The summed E-state index contributed by atoms with van der Waals surface area (Å²) in [6.45, 7) is 2.48. The lowest BCUT2D eigenvalue weighted by Gasteiger charge is -2.10. The van der Waals surface area contributed by atoms with Crippen molar-refractivity contribution in [3.05, 3.63) is 40.5 Å². The number of carbonyl (C=O) groups excluding carboxylic acids is 2. The zero-order chi connectivity index (χ0) is 17.5. The van der Waals surface area contributed by atoms with E-state index < -0.39 is 5.91 Å². The van der Waals surface area contributed by atoms with Crippen LogP contribution in [-0.4, -0.2) is 34.9 Å². The molecule has 9 heteroatoms. The molecule has 2 aromatic rings. The minimum absolute atomic E-state index is 0.0830. The summed E-state index contributed by atoms with van der Waals surface area (Å²) < 4.78 is 0.708. The maximum atomic E-state index is 11.1. The molecule has 24 heavy (non-hydrogen) atoms. The Morgan fingerprint density at radius 3 is 2.54 bits per heavy atom. The number of rotatable bonds is 7. The van der Waals surface area contributed by atoms with E-state index in [-0.39, 0.29) is 5.91 Å². The molecule has 0 saturated heterocycles. The number of primary amides is 1. The van der Waals surface area contributed by atoms with Gasteiger partial charge in [0, 0.05) is 37.5 Å². The van der Waals surface area contributed by atoms with Gasteiger partial charge in [0.25, 0.3) is 0 Å². The molecule has 1 aromatic carbocycles. The number of anilines is 3. The Kier molecular flexibility index (Phi) is 6.07. The molecule has 8 nitrogen and oxygen atoms in total. The Hall–Kier alpha value is -2.68. The van der Waals surface area contributed by atoms with Crippen LogP contribution in [0.2, 0.25) is 0 Å². The first-order valence-electron chi connectivity index (χ1n) is 7.13. The average molecular weight is 393 g/mol. The van der Waals surface area contributed by atoms with Crippen LogP contribution in [0.15, 0.2) is 34.9 Å². The van der Waals surface area contributed by atoms with Gasteiger partial charge < -0.3 is 21.7 Å². The number of aromatic nitrogens is 2. The van der Waals surface area contributed by atoms with Crippen molar-refractivity contribution < 1.29 is 9.59 Å². The summed E-state index contributed by atoms with van der Waals surface area (Å²) in [7, 11) is 0. The highest BCUT2D eigenvalue weighted by molar-refractivity contribution is 9.10. The summed E-state index contributed by atoms with van der Waals surface area (Å²) in [6.07, 6.45) is 1.62. The minimum atomic E-state index is -0.480. The number of halogens is 1. The maximum Gasteiger partial charge on any atom is 0.248 e. The monoisotopic (exact) mass is 392 g/mol. The predicted molar refractivity (Wildman–Crippen MR) is 95.1 cm³/mol. The first-order valence-corrected chi connectivity index (χ1v) is 7.93. The van der Waals surface area contributed by atoms with E-state index >= 15 is 0 Å². The van der Waals surface area contributed by atoms with Crippen LogP contribution < -0.4 is 21.7 Å². The highest BCUT2D eigenvalue weighted by atomic mass is 79.9. The van der Waals surface area contributed by atoms with Crippen LogP contribution in [0.1, 0.15) is 17.3 Å². The topological polar surface area (TPSA) is 122 Å². The summed E-state index contributed by atoms with van der Waals surface area (Å²) in [5, 5.41) is 8.84. The van der Waals surface area contributed by atoms with E-state index in [0.29, 0.717) is 34.9 Å². The number of hydrogen-bond donors (Lipinski definition) is 4. The lowest BCUT2D eigenvalue weighted by Crippen LogP contribution is -2.26. The fourth-order valence-corrected chi connectivity index (χ4v) is 2.15. The molecule has 0 aliphatic rings. The molecule has 2 rings (SSSR count). The van der Waals surface area contributed by atoms with Gasteiger partial charge in [0.15, 0.2) is 0 Å². The van der Waals surface area contributed by atoms with Crippen molar-refractivity contribution in [2.24, 2.45) is 5.73 Å². The molecular weight excluding hydrogens is 376 g/mol. The number of carbonyl (C=O) groups is 2. The molecule has 0 saturated carbocycles. The van der Waals surface area contributed by atoms with Gasteiger partial charge in [-0.15, -0.1) is 0 Å². The second-order valence-corrected chi connectivity index (χ2v) is 5.72. The van der Waals surface area contributed by atoms with Crippen molar-refractivity contribution in [1.29, 1.82) is 0 Å². The van der Waals surface area contributed by atoms with Crippen molar-refractivity contribution in [2.45, 2.75) is 6.92 Å². The highest BCUT2D eigenvalue weighted by Gasteiger charge is 2.06. The second kappa shape index (κ2) is 8.25. The van der Waals surface area contributed by atoms with Crippen LogP contribution in [0.3, 0.4) is 0 Å². The molecule has 1 aromatic heterocycles. The first kappa shape index (κ1) is 17.7. The fraction of sp³-hybridized carbons (Fsp3) is 0.200. The zero-order valence-corrected chi connectivity index (χ0v) is 14.6. The Morgan fingerprint density at radius 2 is 1.92 bits per heavy atom. The number of benzene rings is 1. The molecule has 5 N–H and O–H groups in total. The van der Waals surface area contributed by atoms with Gasteiger partial charge in [-0.25, -0.2) is 4.98 Å². The van der Waals surface area contributed by atoms with Gasteiger partial charge in [-0.1, -0.05) is 0 Å². The summed E-state index contributed by atoms with van der Waals surface area (Å²) in [4.78, 5) is 30.4. The van der Waals surface area contributed by atoms with Crippen LogP contribution in [0.25, 0.3) is 0 Å². The summed E-state index contributed by atoms with van der Waals surface area (Å²) in [6, 6.07) is 6.68. The van der Waals surface area contributed by atoms with Crippen LogP contribution in [-0.2, 0) is 4.79 Å². The molecule has 126 valence electrons. The Labute approximate surface area is 147 Å². The van der Waals surface area contributed by atoms with Gasteiger partial charge in [0.05, 0.1) is 4.47 Å². The third-order valence-electron chi connectivity index (χ3n) is 2.96. The van der Waals surface area contributed by atoms with Gasteiger partial charge >= 0.3 is 0 Å². The molecule has 0 fully saturated rings. The lowest BCUT2D eigenvalue weighted by atomic mass is 10.2. The van der Waals surface area contributed by atoms with Crippen molar-refractivity contribution in [3.8, 4) is 0 Å². The Morgan fingerprint density at radius 1 is 1.21 bits per heavy atom. The first-order chi connectivity index (χ1) is 11.5. The fourth-order valence-electron chi connectivity index (χ4n) is 1.82. The van der Waals surface area contributed by atoms with Crippen molar-refractivity contribution in [3.63, 3.8) is 0 Å². The van der Waals surface area contributed by atoms with E-state index in [4.69, 9.17) is 5.73 Å². The van der Waals surface area contributed by atoms with E-state index in [0.717, 1.165) is 5.69 Å². The molecule has 0 aliphatic carbocycles. The zero-order valence-electron chi connectivity index (χ0n) is 13.0. The van der Waals surface area contributed by atoms with Gasteiger partial charge in [-0.2, -0.15) is 4.98 Å². The van der Waals surface area contributed by atoms with Gasteiger partial charge in [0.1, 0.15) is 5.82 Å². The van der Waals surface area contributed by atoms with Gasteiger partial charge in [-0.3, -0.25) is 9.59 Å². The molecule has 0 aliphatic heterocycles. The van der Waals surface area contributed by atoms with Gasteiger partial charge in [0.2, 0.25) is 17.8 Å². The lowest BCUT2D eigenvalue weighted by molar-refractivity contribution is -0.118. The van der Waals surface area contributed by atoms with Crippen molar-refractivity contribution >= 4 is 45.2 Å². The standard InChI is InChI=1S/C15H17BrN6O2/c1-9(23)18-6-7-19-14-12(16)8-20-15(22-14)21-11-4-2-10(3-5-11)13(17)24/h2-5,8H,6-7H2,1H3,(H2,17,24)(H,18,23)(H2,19,20,21,22). The summed E-state index contributed by atoms with van der Waals surface area (Å²) >= 11 is 3.37. The highest BCUT2D eigenvalue weighted by Crippen LogP contribution is 2.21. The van der Waals surface area contributed by atoms with E-state index in [9.17, 15) is 9.59 Å². The normalized spacial score (nSPS) is 10.1. The van der Waals surface area contributed by atoms with E-state index in [1.807, 2.05) is 0 Å². The Bertz CT molecular complexity index is 735. The summed E-state index contributed by atoms with van der Waals surface area (Å²) in [5.74, 6) is 0.436. The van der Waals surface area contributed by atoms with Crippen molar-refractivity contribution in [2.75, 3.05) is 23.7 Å². The molecule has 0 spiro atoms. The number of hydrogen-bond acceptors (Lipinski definition) is 6. The average Bonchev–Trinajstić information content (AvgIpc) is 2.54. The largest absolute Gasteiger partial charge is 0.367 e. The van der Waals surface area contributed by atoms with E-state index in [1.165, 1.54) is 6.92 Å². The van der Waals surface area contributed by atoms with E-state index in [1.54, 1.807) is 30.5 Å². The molecule has 0 radical (unpaired) electrons. The SMILES string of the molecule is CC(=O)NCCNc1nc(Nc2ccc(C(N)=O)cc2)ncc1Br. The quantitative estimate of drug-likeness (QED) is 0.531. The number of nitrogens with two attached hydrogens (primary N) is 1. The minimum Gasteiger partial charge on any atom is -0.367 e. The van der Waals surface area contributed by atoms with Crippen LogP contribution in [0.5, 0.6) is 0 Å². The van der Waals surface area contributed by atoms with Gasteiger partial charge in [-0.05, 0) is 40.2 Å². The van der Waals surface area contributed by atoms with Crippen LogP contribution >= 0.6 is 15.9 Å². The molecule has 0 unspecified atom stereocenters. The second-order valence-electron chi connectivity index (χ2n) is 4.87. The Balaban J connectivity index is 2.01. The summed E-state index contributed by atoms with van der Waals surface area (Å²) in [5.41, 5.74) is 6.36. The van der Waals surface area contributed by atoms with Crippen molar-refractivity contribution in [1.82, 2.24) is 15.3 Å². The van der Waals surface area contributed by atoms with E-state index in [2.05, 4.69) is 41.8 Å². The molecule has 2 amide bonds. The molecule has 1 heterocycles. The third-order valence-corrected chi connectivity index (χ3v) is 3.54. The number of nitrogens with one attached hydrogen (secondary N) is 3. The molecular formula is C15H17BrN6O2. The smallest absolute Gasteiger partial charge is 0.248 e. The molecule has 0 atom stereocenters. The number of amides is 2. The molecule has 0 bridgehead atoms. The number of nitrogens with zero attached hydrogens (tertiary/aromatic N) is 2. The maximum absolute atomic E-state index is 11.1.